The molecule has 670 valence electrons. The highest BCUT2D eigenvalue weighted by atomic mass is 16.7. The zero-order valence-corrected chi connectivity index (χ0v) is 72.3. The topological polar surface area (TPSA) is 430 Å². The van der Waals surface area contributed by atoms with Gasteiger partial charge in [0.15, 0.2) is 0 Å². The minimum atomic E-state index is -0.810. The van der Waals surface area contributed by atoms with Crippen molar-refractivity contribution in [3.05, 3.63) is 63.0 Å². The lowest BCUT2D eigenvalue weighted by Crippen LogP contribution is -2.50. The van der Waals surface area contributed by atoms with Gasteiger partial charge in [0.05, 0.1) is 33.0 Å². The molecule has 34 heteroatoms. The van der Waals surface area contributed by atoms with Crippen molar-refractivity contribution in [2.45, 2.75) is 230 Å². The van der Waals surface area contributed by atoms with Gasteiger partial charge in [-0.05, 0) is 165 Å². The van der Waals surface area contributed by atoms with E-state index in [0.29, 0.717) is 83.3 Å². The van der Waals surface area contributed by atoms with E-state index in [4.69, 9.17) is 66.3 Å². The third-order valence-corrected chi connectivity index (χ3v) is 20.2. The molecule has 9 atom stereocenters. The van der Waals surface area contributed by atoms with Crippen LogP contribution in [-0.2, 0) is 80.7 Å². The molecular weight excluding hydrogens is 1540 g/mol. The molecular formula is C84H138N8O26. The number of amides is 8. The minimum absolute atomic E-state index is 0.000391. The summed E-state index contributed by atoms with van der Waals surface area (Å²) < 4.78 is 72.2. The molecule has 0 radical (unpaired) electrons. The predicted octanol–water partition coefficient (Wildman–Crippen LogP) is 13.2. The molecule has 8 amide bonds. The van der Waals surface area contributed by atoms with Gasteiger partial charge in [0.2, 0.25) is 0 Å². The molecule has 4 saturated carbocycles. The van der Waals surface area contributed by atoms with Crippen LogP contribution < -0.4 is 42.5 Å². The lowest BCUT2D eigenvalue weighted by molar-refractivity contribution is -0.139. The second-order valence-electron chi connectivity index (χ2n) is 35.8. The van der Waals surface area contributed by atoms with E-state index < -0.39 is 72.8 Å². The van der Waals surface area contributed by atoms with Crippen molar-refractivity contribution in [3.8, 4) is 0 Å². The Bertz CT molecular complexity index is 3210. The highest BCUT2D eigenvalue weighted by molar-refractivity contribution is 5.82. The van der Waals surface area contributed by atoms with Crippen LogP contribution in [-0.4, -0.2) is 216 Å². The van der Waals surface area contributed by atoms with Crippen molar-refractivity contribution < 1.29 is 124 Å². The van der Waals surface area contributed by atoms with Crippen molar-refractivity contribution in [1.29, 1.82) is 0 Å². The SMILES string of the molecule is C=CC(=C)OCCOC(=O)NCC1(C)CC(NC(=O)OCCCCOC(=O)NC2CC(C)(C)CC(C)(CNC(=O)OCCOC(=O)C=C)C2)CC(C)(C)C1.C=CC(=O)OCCOC(=O)NCC1(C)CC(NC(=O)OCCCCCCOC(=O)OCC(C)COC(=O)NC2CC(C)(C)CC(C)(CNC(=O)OCCOC(=O)C=C)C2)CC(C)(C)C1. The Balaban J connectivity index is 0.000000619. The highest BCUT2D eigenvalue weighted by Gasteiger charge is 2.46. The number of carbonyl (C=O) groups excluding carboxylic acids is 12. The molecule has 0 aliphatic heterocycles. The van der Waals surface area contributed by atoms with Crippen molar-refractivity contribution in [2.24, 2.45) is 49.2 Å². The maximum absolute atomic E-state index is 12.7. The van der Waals surface area contributed by atoms with Crippen LogP contribution >= 0.6 is 0 Å². The Morgan fingerprint density at radius 2 is 0.534 bits per heavy atom. The summed E-state index contributed by atoms with van der Waals surface area (Å²) in [7, 11) is 0. The number of allylic oxidation sites excluding steroid dienone is 1. The molecule has 4 rings (SSSR count). The number of esters is 3. The summed E-state index contributed by atoms with van der Waals surface area (Å²) in [6.45, 7) is 46.1. The molecule has 4 aliphatic rings. The molecule has 0 aromatic rings. The summed E-state index contributed by atoms with van der Waals surface area (Å²) in [4.78, 5) is 145. The predicted molar refractivity (Wildman–Crippen MR) is 436 cm³/mol. The molecule has 9 unspecified atom stereocenters. The van der Waals surface area contributed by atoms with Crippen LogP contribution in [0.3, 0.4) is 0 Å². The van der Waals surface area contributed by atoms with Gasteiger partial charge in [0, 0.05) is 74.5 Å². The monoisotopic (exact) mass is 1670 g/mol. The van der Waals surface area contributed by atoms with Crippen LogP contribution in [0.1, 0.15) is 206 Å². The first-order valence-corrected chi connectivity index (χ1v) is 40.8. The lowest BCUT2D eigenvalue weighted by Gasteiger charge is -2.46. The molecule has 4 aliphatic carbocycles. The number of carbonyl (C=O) groups is 12. The van der Waals surface area contributed by atoms with Gasteiger partial charge in [-0.3, -0.25) is 0 Å². The second kappa shape index (κ2) is 51.0. The summed E-state index contributed by atoms with van der Waals surface area (Å²) in [5.41, 5.74) is -1.60. The van der Waals surface area contributed by atoms with Crippen molar-refractivity contribution in [2.75, 3.05) is 119 Å². The fraction of sp³-hybridized carbons (Fsp3) is 0.738. The van der Waals surface area contributed by atoms with Crippen molar-refractivity contribution in [1.82, 2.24) is 42.5 Å². The van der Waals surface area contributed by atoms with E-state index in [2.05, 4.69) is 152 Å². The zero-order chi connectivity index (χ0) is 88.2. The average Bonchev–Trinajstić information content (AvgIpc) is 0.817. The normalized spacial score (nSPS) is 23.1. The van der Waals surface area contributed by atoms with Crippen molar-refractivity contribution >= 4 is 72.8 Å². The Hall–Kier alpha value is -9.66. The zero-order valence-electron chi connectivity index (χ0n) is 72.3. The second-order valence-corrected chi connectivity index (χ2v) is 35.8. The summed E-state index contributed by atoms with van der Waals surface area (Å²) in [6, 6.07) is -0.629. The maximum Gasteiger partial charge on any atom is 0.508 e. The minimum Gasteiger partial charge on any atom is -0.491 e. The molecule has 0 aromatic heterocycles. The largest absolute Gasteiger partial charge is 0.508 e. The smallest absolute Gasteiger partial charge is 0.491 e. The molecule has 8 N–H and O–H groups in total. The first-order valence-electron chi connectivity index (χ1n) is 40.8. The number of rotatable bonds is 45. The molecule has 4 fully saturated rings. The molecule has 118 heavy (non-hydrogen) atoms. The van der Waals surface area contributed by atoms with Gasteiger partial charge in [-0.2, -0.15) is 0 Å². The van der Waals surface area contributed by atoms with Gasteiger partial charge in [-0.1, -0.05) is 123 Å². The summed E-state index contributed by atoms with van der Waals surface area (Å²) >= 11 is 0. The van der Waals surface area contributed by atoms with E-state index in [9.17, 15) is 57.5 Å². The Kier molecular flexibility index (Phi) is 44.3. The van der Waals surface area contributed by atoms with Crippen LogP contribution in [0, 0.1) is 49.2 Å². The molecule has 0 aromatic carbocycles. The Morgan fingerprint density at radius 1 is 0.297 bits per heavy atom. The number of nitrogens with one attached hydrogen (secondary N) is 8. The van der Waals surface area contributed by atoms with E-state index in [0.717, 1.165) is 82.4 Å². The van der Waals surface area contributed by atoms with E-state index in [1.807, 2.05) is 6.92 Å². The van der Waals surface area contributed by atoms with E-state index in [1.54, 1.807) is 6.92 Å². The summed E-state index contributed by atoms with van der Waals surface area (Å²) in [5, 5.41) is 23.1. The van der Waals surface area contributed by atoms with Crippen LogP contribution in [0.5, 0.6) is 0 Å². The third-order valence-electron chi connectivity index (χ3n) is 20.2. The third kappa shape index (κ3) is 45.9. The molecule has 0 spiro atoms. The number of alkyl carbamates (subject to hydrolysis) is 8. The average molecular weight is 1680 g/mol. The van der Waals surface area contributed by atoms with Crippen molar-refractivity contribution in [3.63, 3.8) is 0 Å². The number of ether oxygens (including phenoxy) is 14. The van der Waals surface area contributed by atoms with Gasteiger partial charge in [0.25, 0.3) is 0 Å². The highest BCUT2D eigenvalue weighted by Crippen LogP contribution is 2.49. The Labute approximate surface area is 696 Å². The summed E-state index contributed by atoms with van der Waals surface area (Å²) in [5.74, 6) is -1.65. The van der Waals surface area contributed by atoms with Crippen LogP contribution in [0.25, 0.3) is 0 Å². The van der Waals surface area contributed by atoms with E-state index >= 15 is 0 Å². The standard InChI is InChI=1S/C45H74N4O15.C39H64N4O11/c1-10-35(50)57-18-20-60-37(52)46-30-44(8)24-33(22-42(4,5)28-44)48-39(54)59-16-14-12-13-15-17-62-41(56)64-27-32(3)26-63-40(55)49-34-23-43(6,7)29-45(9,25-34)31-47-38(53)61-21-19-58-36(51)11-2;1-10-28(3)49-16-18-53-32(45)40-26-38(8)22-29(20-36(4,5)24-38)42-34(47)51-14-12-13-15-52-35(48)43-30-21-37(6,7)25-39(9,23-30)27-41-33(46)54-19-17-50-31(44)11-2/h10-11,32-34H,1-2,12-31H2,3-9H3,(H,46,52)(H,47,53)(H,48,54)(H,49,55);10-11,29-30H,1-3,12-27H2,4-9H3,(H,40,45)(H,41,46)(H,42,47)(H,43,48). The summed E-state index contributed by atoms with van der Waals surface area (Å²) in [6.07, 6.45) is 11.9. The Morgan fingerprint density at radius 3 is 0.814 bits per heavy atom. The van der Waals surface area contributed by atoms with E-state index in [1.165, 1.54) is 6.08 Å². The fourth-order valence-corrected chi connectivity index (χ4v) is 17.0. The van der Waals surface area contributed by atoms with Gasteiger partial charge < -0.3 is 109 Å². The molecule has 34 nitrogen and oxygen atoms in total. The van der Waals surface area contributed by atoms with Crippen LogP contribution in [0.4, 0.5) is 43.2 Å². The van der Waals surface area contributed by atoms with Crippen LogP contribution in [0.2, 0.25) is 0 Å². The quantitative estimate of drug-likeness (QED) is 0.00701. The lowest BCUT2D eigenvalue weighted by atomic mass is 9.62. The number of unbranched alkanes of at least 4 members (excludes halogenated alkanes) is 4. The van der Waals surface area contributed by atoms with Gasteiger partial charge in [-0.25, -0.2) is 57.5 Å². The van der Waals surface area contributed by atoms with Gasteiger partial charge in [-0.15, -0.1) is 0 Å². The fourth-order valence-electron chi connectivity index (χ4n) is 17.0. The first kappa shape index (κ1) is 103. The molecule has 0 saturated heterocycles. The van der Waals surface area contributed by atoms with E-state index in [-0.39, 0.29) is 166 Å². The maximum atomic E-state index is 12.7. The first-order chi connectivity index (χ1) is 55.3. The van der Waals surface area contributed by atoms with Crippen LogP contribution in [0.15, 0.2) is 63.0 Å². The number of hydrogen-bond acceptors (Lipinski definition) is 26. The van der Waals surface area contributed by atoms with Gasteiger partial charge >= 0.3 is 72.8 Å². The van der Waals surface area contributed by atoms with Gasteiger partial charge in [0.1, 0.15) is 65.2 Å². The number of hydrogen-bond donors (Lipinski definition) is 8. The molecule has 0 heterocycles. The molecule has 0 bridgehead atoms.